The molecule has 2 aromatic carbocycles. The van der Waals surface area contributed by atoms with Gasteiger partial charge in [-0.15, -0.1) is 6.58 Å². The van der Waals surface area contributed by atoms with Crippen molar-refractivity contribution in [2.24, 2.45) is 0 Å². The molecule has 0 aliphatic heterocycles. The predicted octanol–water partition coefficient (Wildman–Crippen LogP) is 3.79. The van der Waals surface area contributed by atoms with Crippen molar-refractivity contribution in [1.29, 1.82) is 0 Å². The minimum Gasteiger partial charge on any atom is -0.392 e. The highest BCUT2D eigenvalue weighted by Crippen LogP contribution is 2.15. The zero-order valence-corrected chi connectivity index (χ0v) is 12.8. The zero-order valence-electron chi connectivity index (χ0n) is 12.8. The topological polar surface area (TPSA) is 23.5 Å². The molecule has 0 spiro atoms. The van der Waals surface area contributed by atoms with E-state index in [2.05, 4.69) is 60.0 Å². The first-order chi connectivity index (χ1) is 10.8. The Morgan fingerprint density at radius 3 is 1.82 bits per heavy atom. The molecule has 0 heterocycles. The molecule has 22 heavy (non-hydrogen) atoms. The second kappa shape index (κ2) is 8.98. The summed E-state index contributed by atoms with van der Waals surface area (Å²) in [5, 5.41) is 9.03. The molecule has 2 rings (SSSR count). The second-order valence-corrected chi connectivity index (χ2v) is 5.21. The van der Waals surface area contributed by atoms with Crippen molar-refractivity contribution in [2.45, 2.75) is 19.1 Å². The van der Waals surface area contributed by atoms with Crippen LogP contribution in [0.25, 0.3) is 0 Å². The summed E-state index contributed by atoms with van der Waals surface area (Å²) in [6.45, 7) is 5.66. The van der Waals surface area contributed by atoms with Crippen molar-refractivity contribution >= 4 is 0 Å². The first-order valence-electron chi connectivity index (χ1n) is 7.55. The van der Waals surface area contributed by atoms with Gasteiger partial charge in [-0.25, -0.2) is 0 Å². The minimum atomic E-state index is 0.0505. The van der Waals surface area contributed by atoms with Crippen molar-refractivity contribution < 1.29 is 5.11 Å². The summed E-state index contributed by atoms with van der Waals surface area (Å²) in [5.41, 5.74) is 2.53. The number of nitrogens with zero attached hydrogens (tertiary/aromatic N) is 1. The van der Waals surface area contributed by atoms with Gasteiger partial charge in [0.25, 0.3) is 0 Å². The first-order valence-corrected chi connectivity index (χ1v) is 7.55. The third kappa shape index (κ3) is 4.99. The molecule has 2 heteroatoms. The van der Waals surface area contributed by atoms with Gasteiger partial charge in [-0.05, 0) is 11.1 Å². The van der Waals surface area contributed by atoms with Crippen molar-refractivity contribution in [3.8, 4) is 0 Å². The lowest BCUT2D eigenvalue weighted by Crippen LogP contribution is -2.31. The van der Waals surface area contributed by atoms with Gasteiger partial charge in [0.15, 0.2) is 0 Å². The number of rotatable bonds is 8. The zero-order chi connectivity index (χ0) is 15.6. The van der Waals surface area contributed by atoms with Crippen LogP contribution in [0.3, 0.4) is 0 Å². The molecule has 0 saturated heterocycles. The number of hydrogen-bond acceptors (Lipinski definition) is 2. The maximum Gasteiger partial charge on any atom is 0.0613 e. The third-order valence-electron chi connectivity index (χ3n) is 3.56. The van der Waals surface area contributed by atoms with Gasteiger partial charge in [0, 0.05) is 19.1 Å². The van der Waals surface area contributed by atoms with E-state index in [9.17, 15) is 0 Å². The monoisotopic (exact) mass is 293 g/mol. The van der Waals surface area contributed by atoms with Crippen LogP contribution in [0.15, 0.2) is 85.5 Å². The second-order valence-electron chi connectivity index (χ2n) is 5.21. The molecule has 0 aliphatic carbocycles. The summed E-state index contributed by atoms with van der Waals surface area (Å²) in [6, 6.07) is 20.9. The van der Waals surface area contributed by atoms with E-state index in [4.69, 9.17) is 5.11 Å². The Hall–Kier alpha value is -2.16. The average molecular weight is 293 g/mol. The smallest absolute Gasteiger partial charge is 0.0613 e. The van der Waals surface area contributed by atoms with Crippen LogP contribution >= 0.6 is 0 Å². The standard InChI is InChI=1S/C20H23NO/c1-2-20(14-9-15-22)21(16-18-10-5-3-6-11-18)17-19-12-7-4-8-13-19/h2-14,20,22H,1,15-17H2/b14-9-. The van der Waals surface area contributed by atoms with Crippen LogP contribution in [-0.2, 0) is 13.1 Å². The molecule has 0 aliphatic rings. The van der Waals surface area contributed by atoms with Crippen LogP contribution in [0, 0.1) is 0 Å². The fourth-order valence-corrected chi connectivity index (χ4v) is 2.45. The highest BCUT2D eigenvalue weighted by molar-refractivity contribution is 5.19. The van der Waals surface area contributed by atoms with Crippen LogP contribution in [0.2, 0.25) is 0 Å². The van der Waals surface area contributed by atoms with E-state index in [0.717, 1.165) is 13.1 Å². The molecule has 0 aromatic heterocycles. The van der Waals surface area contributed by atoms with Crippen LogP contribution in [-0.4, -0.2) is 22.7 Å². The summed E-state index contributed by atoms with van der Waals surface area (Å²) < 4.78 is 0. The first kappa shape index (κ1) is 16.2. The van der Waals surface area contributed by atoms with Crippen molar-refractivity contribution in [3.63, 3.8) is 0 Å². The summed E-state index contributed by atoms with van der Waals surface area (Å²) >= 11 is 0. The molecule has 2 aromatic rings. The van der Waals surface area contributed by atoms with E-state index in [1.165, 1.54) is 11.1 Å². The summed E-state index contributed by atoms with van der Waals surface area (Å²) in [4.78, 5) is 2.34. The lowest BCUT2D eigenvalue weighted by molar-refractivity contribution is 0.240. The Morgan fingerprint density at radius 2 is 1.41 bits per heavy atom. The molecular formula is C20H23NO. The molecule has 1 N–H and O–H groups in total. The number of benzene rings is 2. The Kier molecular flexibility index (Phi) is 6.62. The summed E-state index contributed by atoms with van der Waals surface area (Å²) in [6.07, 6.45) is 5.69. The van der Waals surface area contributed by atoms with E-state index < -0.39 is 0 Å². The van der Waals surface area contributed by atoms with Crippen molar-refractivity contribution in [1.82, 2.24) is 4.90 Å². The lowest BCUT2D eigenvalue weighted by atomic mass is 10.1. The van der Waals surface area contributed by atoms with Crippen LogP contribution in [0.5, 0.6) is 0 Å². The van der Waals surface area contributed by atoms with E-state index in [0.29, 0.717) is 0 Å². The van der Waals surface area contributed by atoms with Gasteiger partial charge in [0.1, 0.15) is 0 Å². The van der Waals surface area contributed by atoms with Gasteiger partial charge in [0.2, 0.25) is 0 Å². The fourth-order valence-electron chi connectivity index (χ4n) is 2.45. The van der Waals surface area contributed by atoms with E-state index >= 15 is 0 Å². The fraction of sp³-hybridized carbons (Fsp3) is 0.200. The highest BCUT2D eigenvalue weighted by Gasteiger charge is 2.13. The Labute approximate surface area is 133 Å². The summed E-state index contributed by atoms with van der Waals surface area (Å²) in [5.74, 6) is 0. The molecule has 2 nitrogen and oxygen atoms in total. The molecule has 1 unspecified atom stereocenters. The molecule has 0 saturated carbocycles. The van der Waals surface area contributed by atoms with Crippen LogP contribution in [0.4, 0.5) is 0 Å². The molecule has 0 radical (unpaired) electrons. The van der Waals surface area contributed by atoms with E-state index in [1.807, 2.05) is 24.3 Å². The van der Waals surface area contributed by atoms with Gasteiger partial charge in [0.05, 0.1) is 6.61 Å². The van der Waals surface area contributed by atoms with E-state index in [-0.39, 0.29) is 12.6 Å². The molecular weight excluding hydrogens is 270 g/mol. The minimum absolute atomic E-state index is 0.0505. The molecule has 114 valence electrons. The number of hydrogen-bond donors (Lipinski definition) is 1. The molecule has 0 amide bonds. The normalized spacial score (nSPS) is 12.6. The van der Waals surface area contributed by atoms with Crippen LogP contribution < -0.4 is 0 Å². The van der Waals surface area contributed by atoms with Gasteiger partial charge >= 0.3 is 0 Å². The lowest BCUT2D eigenvalue weighted by Gasteiger charge is -2.28. The van der Waals surface area contributed by atoms with Crippen molar-refractivity contribution in [3.05, 3.63) is 96.6 Å². The molecule has 0 fully saturated rings. The summed E-state index contributed by atoms with van der Waals surface area (Å²) in [7, 11) is 0. The molecule has 1 atom stereocenters. The van der Waals surface area contributed by atoms with Gasteiger partial charge in [-0.1, -0.05) is 78.9 Å². The average Bonchev–Trinajstić information content (AvgIpc) is 2.57. The Morgan fingerprint density at radius 1 is 0.909 bits per heavy atom. The largest absolute Gasteiger partial charge is 0.392 e. The van der Waals surface area contributed by atoms with Crippen molar-refractivity contribution in [2.75, 3.05) is 6.61 Å². The van der Waals surface area contributed by atoms with E-state index in [1.54, 1.807) is 6.08 Å². The van der Waals surface area contributed by atoms with Crippen LogP contribution in [0.1, 0.15) is 11.1 Å². The maximum atomic E-state index is 9.03. The van der Waals surface area contributed by atoms with Gasteiger partial charge < -0.3 is 5.11 Å². The third-order valence-corrected chi connectivity index (χ3v) is 3.56. The SMILES string of the molecule is C=CC(/C=C\CO)N(Cc1ccccc1)Cc1ccccc1. The highest BCUT2D eigenvalue weighted by atomic mass is 16.2. The van der Waals surface area contributed by atoms with Gasteiger partial charge in [-0.2, -0.15) is 0 Å². The number of aliphatic hydroxyl groups excluding tert-OH is 1. The molecule has 0 bridgehead atoms. The Balaban J connectivity index is 2.19. The predicted molar refractivity (Wildman–Crippen MR) is 92.3 cm³/mol. The quantitative estimate of drug-likeness (QED) is 0.749. The maximum absolute atomic E-state index is 9.03. The number of aliphatic hydroxyl groups is 1. The Bertz CT molecular complexity index is 536. The van der Waals surface area contributed by atoms with Gasteiger partial charge in [-0.3, -0.25) is 4.90 Å².